The van der Waals surface area contributed by atoms with Crippen molar-refractivity contribution in [2.24, 2.45) is 14.1 Å². The molecule has 8 heteroatoms. The molecule has 1 heterocycles. The van der Waals surface area contributed by atoms with Crippen LogP contribution in [0.15, 0.2) is 15.8 Å². The van der Waals surface area contributed by atoms with Crippen LogP contribution in [0.2, 0.25) is 0 Å². The van der Waals surface area contributed by atoms with Crippen LogP contribution in [0.25, 0.3) is 0 Å². The number of aromatic nitrogens is 2. The molecule has 1 aromatic rings. The summed E-state index contributed by atoms with van der Waals surface area (Å²) < 4.78 is 1.84. The van der Waals surface area contributed by atoms with Crippen molar-refractivity contribution in [1.82, 2.24) is 14.5 Å². The largest absolute Gasteiger partial charge is 0.480 e. The van der Waals surface area contributed by atoms with Crippen LogP contribution in [0.3, 0.4) is 0 Å². The molecule has 1 aromatic heterocycles. The molecule has 1 rings (SSSR count). The lowest BCUT2D eigenvalue weighted by molar-refractivity contribution is -0.135. The number of nitrogens with one attached hydrogen (secondary N) is 1. The number of rotatable bonds is 3. The molecular formula is C9H11N3O5. The van der Waals surface area contributed by atoms with E-state index in [0.29, 0.717) is 0 Å². The third-order valence-corrected chi connectivity index (χ3v) is 2.09. The fourth-order valence-corrected chi connectivity index (χ4v) is 1.22. The second kappa shape index (κ2) is 4.64. The van der Waals surface area contributed by atoms with Gasteiger partial charge in [-0.2, -0.15) is 0 Å². The van der Waals surface area contributed by atoms with Crippen LogP contribution in [-0.4, -0.2) is 32.7 Å². The van der Waals surface area contributed by atoms with Crippen LogP contribution < -0.4 is 16.6 Å². The number of hydrogen-bond acceptors (Lipinski definition) is 4. The third kappa shape index (κ3) is 2.60. The molecule has 0 aliphatic heterocycles. The number of hydrogen-bond donors (Lipinski definition) is 2. The number of aliphatic carboxylic acids is 1. The van der Waals surface area contributed by atoms with Crippen molar-refractivity contribution in [3.63, 3.8) is 0 Å². The molecule has 0 bridgehead atoms. The van der Waals surface area contributed by atoms with E-state index in [1.807, 2.05) is 5.32 Å². The second-order valence-corrected chi connectivity index (χ2v) is 3.38. The highest BCUT2D eigenvalue weighted by Crippen LogP contribution is 1.87. The van der Waals surface area contributed by atoms with Crippen molar-refractivity contribution in [1.29, 1.82) is 0 Å². The smallest absolute Gasteiger partial charge is 0.330 e. The number of carbonyl (C=O) groups is 2. The maximum absolute atomic E-state index is 11.6. The standard InChI is InChI=1S/C9H11N3O5/c1-11-4-5(7(15)10-3-6(13)14)8(16)12(2)9(11)17/h4H,3H2,1-2H3,(H,10,15)(H,13,14). The Hall–Kier alpha value is -2.38. The van der Waals surface area contributed by atoms with E-state index in [9.17, 15) is 19.2 Å². The molecule has 0 fully saturated rings. The molecule has 1 amide bonds. The van der Waals surface area contributed by atoms with Gasteiger partial charge in [0.2, 0.25) is 0 Å². The van der Waals surface area contributed by atoms with E-state index in [4.69, 9.17) is 5.11 Å². The molecule has 0 saturated carbocycles. The summed E-state index contributed by atoms with van der Waals surface area (Å²) in [5.74, 6) is -2.05. The average Bonchev–Trinajstić information content (AvgIpc) is 2.28. The van der Waals surface area contributed by atoms with Crippen LogP contribution in [0.1, 0.15) is 10.4 Å². The van der Waals surface area contributed by atoms with Gasteiger partial charge in [-0.1, -0.05) is 0 Å². The zero-order valence-corrected chi connectivity index (χ0v) is 9.26. The van der Waals surface area contributed by atoms with Gasteiger partial charge in [0, 0.05) is 20.3 Å². The number of carboxylic acids is 1. The van der Waals surface area contributed by atoms with Crippen LogP contribution >= 0.6 is 0 Å². The summed E-state index contributed by atoms with van der Waals surface area (Å²) >= 11 is 0. The molecule has 0 radical (unpaired) electrons. The van der Waals surface area contributed by atoms with Crippen molar-refractivity contribution in [2.45, 2.75) is 0 Å². The highest BCUT2D eigenvalue weighted by atomic mass is 16.4. The predicted molar refractivity (Wildman–Crippen MR) is 56.9 cm³/mol. The number of carbonyl (C=O) groups excluding carboxylic acids is 1. The summed E-state index contributed by atoms with van der Waals surface area (Å²) in [5, 5.41) is 10.4. The zero-order valence-electron chi connectivity index (χ0n) is 9.26. The van der Waals surface area contributed by atoms with Gasteiger partial charge >= 0.3 is 11.7 Å². The summed E-state index contributed by atoms with van der Waals surface area (Å²) in [6.45, 7) is -0.592. The SMILES string of the molecule is Cn1cc(C(=O)NCC(=O)O)c(=O)n(C)c1=O. The first-order valence-corrected chi connectivity index (χ1v) is 4.61. The van der Waals surface area contributed by atoms with Crippen molar-refractivity contribution >= 4 is 11.9 Å². The molecule has 0 aromatic carbocycles. The number of aryl methyl sites for hydroxylation is 1. The lowest BCUT2D eigenvalue weighted by Gasteiger charge is -2.06. The normalized spacial score (nSPS) is 10.0. The van der Waals surface area contributed by atoms with Gasteiger partial charge in [0.15, 0.2) is 0 Å². The summed E-state index contributed by atoms with van der Waals surface area (Å²) in [6.07, 6.45) is 1.07. The highest BCUT2D eigenvalue weighted by molar-refractivity contribution is 5.95. The quantitative estimate of drug-likeness (QED) is 0.629. The van der Waals surface area contributed by atoms with Crippen LogP contribution in [0.5, 0.6) is 0 Å². The maximum Gasteiger partial charge on any atom is 0.330 e. The van der Waals surface area contributed by atoms with E-state index in [1.165, 1.54) is 14.1 Å². The van der Waals surface area contributed by atoms with E-state index >= 15 is 0 Å². The lowest BCUT2D eigenvalue weighted by atomic mass is 10.3. The van der Waals surface area contributed by atoms with Crippen LogP contribution in [0, 0.1) is 0 Å². The van der Waals surface area contributed by atoms with Gasteiger partial charge in [0.1, 0.15) is 12.1 Å². The number of nitrogens with zero attached hydrogens (tertiary/aromatic N) is 2. The Morgan fingerprint density at radius 2 is 1.94 bits per heavy atom. The van der Waals surface area contributed by atoms with E-state index in [1.54, 1.807) is 0 Å². The maximum atomic E-state index is 11.6. The summed E-state index contributed by atoms with van der Waals surface area (Å²) in [4.78, 5) is 44.6. The van der Waals surface area contributed by atoms with E-state index < -0.39 is 29.7 Å². The molecule has 8 nitrogen and oxygen atoms in total. The lowest BCUT2D eigenvalue weighted by Crippen LogP contribution is -2.42. The molecule has 2 N–H and O–H groups in total. The van der Waals surface area contributed by atoms with Gasteiger partial charge in [-0.15, -0.1) is 0 Å². The van der Waals surface area contributed by atoms with Crippen molar-refractivity contribution in [3.8, 4) is 0 Å². The predicted octanol–water partition coefficient (Wildman–Crippen LogP) is -2.10. The average molecular weight is 241 g/mol. The fourth-order valence-electron chi connectivity index (χ4n) is 1.22. The van der Waals surface area contributed by atoms with Gasteiger partial charge in [-0.25, -0.2) is 4.79 Å². The molecule has 0 unspecified atom stereocenters. The minimum absolute atomic E-state index is 0.282. The van der Waals surface area contributed by atoms with Gasteiger partial charge in [-0.3, -0.25) is 19.0 Å². The fraction of sp³-hybridized carbons (Fsp3) is 0.333. The van der Waals surface area contributed by atoms with Gasteiger partial charge in [-0.05, 0) is 0 Å². The van der Waals surface area contributed by atoms with E-state index in [2.05, 4.69) is 0 Å². The Bertz CT molecular complexity index is 583. The van der Waals surface area contributed by atoms with Gasteiger partial charge in [0.25, 0.3) is 11.5 Å². The summed E-state index contributed by atoms with van der Waals surface area (Å²) in [6, 6.07) is 0. The molecule has 0 spiro atoms. The van der Waals surface area contributed by atoms with Gasteiger partial charge in [0.05, 0.1) is 0 Å². The Morgan fingerprint density at radius 3 is 2.47 bits per heavy atom. The topological polar surface area (TPSA) is 110 Å². The first-order chi connectivity index (χ1) is 7.84. The number of amides is 1. The second-order valence-electron chi connectivity index (χ2n) is 3.38. The minimum Gasteiger partial charge on any atom is -0.480 e. The summed E-state index contributed by atoms with van der Waals surface area (Å²) in [5.41, 5.74) is -1.61. The molecule has 0 saturated heterocycles. The van der Waals surface area contributed by atoms with E-state index in [0.717, 1.165) is 15.3 Å². The third-order valence-electron chi connectivity index (χ3n) is 2.09. The highest BCUT2D eigenvalue weighted by Gasteiger charge is 2.14. The molecular weight excluding hydrogens is 230 g/mol. The Kier molecular flexibility index (Phi) is 3.46. The first-order valence-electron chi connectivity index (χ1n) is 4.61. The van der Waals surface area contributed by atoms with Gasteiger partial charge < -0.3 is 15.0 Å². The molecule has 17 heavy (non-hydrogen) atoms. The Labute approximate surface area is 95.1 Å². The van der Waals surface area contributed by atoms with Crippen LogP contribution in [-0.2, 0) is 18.9 Å². The minimum atomic E-state index is -1.22. The van der Waals surface area contributed by atoms with Crippen molar-refractivity contribution in [3.05, 3.63) is 32.6 Å². The Morgan fingerprint density at radius 1 is 1.35 bits per heavy atom. The Balaban J connectivity index is 3.16. The monoisotopic (exact) mass is 241 g/mol. The zero-order chi connectivity index (χ0) is 13.2. The van der Waals surface area contributed by atoms with Crippen molar-refractivity contribution < 1.29 is 14.7 Å². The molecule has 0 aliphatic rings. The van der Waals surface area contributed by atoms with E-state index in [-0.39, 0.29) is 5.56 Å². The molecule has 92 valence electrons. The molecule has 0 atom stereocenters. The number of carboxylic acid groups (broad SMARTS) is 1. The van der Waals surface area contributed by atoms with Crippen LogP contribution in [0.4, 0.5) is 0 Å². The molecule has 0 aliphatic carbocycles. The van der Waals surface area contributed by atoms with Crippen molar-refractivity contribution in [2.75, 3.05) is 6.54 Å². The summed E-state index contributed by atoms with van der Waals surface area (Å²) in [7, 11) is 2.62. The first kappa shape index (κ1) is 12.7.